The molecule has 2 amide bonds. The van der Waals surface area contributed by atoms with Crippen LogP contribution in [0.1, 0.15) is 43.4 Å². The molecular weight excluding hydrogens is 296 g/mol. The lowest BCUT2D eigenvalue weighted by atomic mass is 9.75. The molecule has 0 saturated carbocycles. The van der Waals surface area contributed by atoms with Gasteiger partial charge >= 0.3 is 6.03 Å². The molecule has 6 nitrogen and oxygen atoms in total. The molecule has 0 saturated heterocycles. The van der Waals surface area contributed by atoms with Crippen LogP contribution in [-0.4, -0.2) is 49.5 Å². The molecule has 0 aliphatic heterocycles. The molecule has 1 aliphatic carbocycles. The van der Waals surface area contributed by atoms with Gasteiger partial charge in [-0.25, -0.2) is 4.79 Å². The average Bonchev–Trinajstić information content (AvgIpc) is 2.77. The van der Waals surface area contributed by atoms with Crippen LogP contribution < -0.4 is 5.32 Å². The van der Waals surface area contributed by atoms with Gasteiger partial charge in [0.05, 0.1) is 25.3 Å². The summed E-state index contributed by atoms with van der Waals surface area (Å²) in [5.74, 6) is 1.84. The van der Waals surface area contributed by atoms with Gasteiger partial charge in [-0.1, -0.05) is 13.8 Å². The number of amides is 2. The van der Waals surface area contributed by atoms with Gasteiger partial charge in [0, 0.05) is 26.1 Å². The molecule has 2 rings (SSSR count). The summed E-state index contributed by atoms with van der Waals surface area (Å²) in [5, 5.41) is 12.8. The van der Waals surface area contributed by atoms with Crippen molar-refractivity contribution in [3.63, 3.8) is 0 Å². The largest absolute Gasteiger partial charge is 0.466 e. The first-order valence-electron chi connectivity index (χ1n) is 7.99. The highest BCUT2D eigenvalue weighted by atomic mass is 16.5. The van der Waals surface area contributed by atoms with E-state index < -0.39 is 6.10 Å². The van der Waals surface area contributed by atoms with E-state index in [1.807, 2.05) is 13.0 Å². The Morgan fingerprint density at radius 2 is 2.30 bits per heavy atom. The molecule has 1 heterocycles. The number of hydrogen-bond donors (Lipinski definition) is 2. The number of hydrogen-bond acceptors (Lipinski definition) is 4. The van der Waals surface area contributed by atoms with E-state index in [1.165, 1.54) is 12.0 Å². The van der Waals surface area contributed by atoms with Gasteiger partial charge in [-0.2, -0.15) is 0 Å². The van der Waals surface area contributed by atoms with E-state index in [9.17, 15) is 9.90 Å². The van der Waals surface area contributed by atoms with Crippen molar-refractivity contribution in [2.45, 2.75) is 45.8 Å². The summed E-state index contributed by atoms with van der Waals surface area (Å²) >= 11 is 0. The standard InChI is InChI=1S/C17H28N2O4/c1-11-6-13-14(7-17(2,3)8-15(13)23-11)18-16(21)19(4)9-12(20)10-22-5/h6,12,14,20H,7-10H2,1-5H3,(H,18,21)/t12-,14-/m0/s1. The van der Waals surface area contributed by atoms with Crippen molar-refractivity contribution in [2.24, 2.45) is 5.41 Å². The highest BCUT2D eigenvalue weighted by molar-refractivity contribution is 5.74. The number of likely N-dealkylation sites (N-methyl/N-ethyl adjacent to an activating group) is 1. The number of furan rings is 1. The van der Waals surface area contributed by atoms with Crippen LogP contribution in [0, 0.1) is 12.3 Å². The molecule has 0 aromatic carbocycles. The van der Waals surface area contributed by atoms with Crippen molar-refractivity contribution in [1.29, 1.82) is 0 Å². The summed E-state index contributed by atoms with van der Waals surface area (Å²) in [6.07, 6.45) is 1.05. The molecule has 0 bridgehead atoms. The monoisotopic (exact) mass is 324 g/mol. The van der Waals surface area contributed by atoms with Gasteiger partial charge < -0.3 is 24.5 Å². The third kappa shape index (κ3) is 4.48. The molecule has 23 heavy (non-hydrogen) atoms. The third-order valence-electron chi connectivity index (χ3n) is 4.22. The Hall–Kier alpha value is -1.53. The summed E-state index contributed by atoms with van der Waals surface area (Å²) in [5.41, 5.74) is 1.14. The molecule has 1 aromatic rings. The number of urea groups is 1. The zero-order chi connectivity index (χ0) is 17.2. The number of carbonyl (C=O) groups is 1. The van der Waals surface area contributed by atoms with Gasteiger partial charge in [-0.05, 0) is 24.8 Å². The molecule has 2 atom stereocenters. The maximum atomic E-state index is 12.4. The summed E-state index contributed by atoms with van der Waals surface area (Å²) in [7, 11) is 3.19. The molecule has 0 spiro atoms. The van der Waals surface area contributed by atoms with E-state index in [4.69, 9.17) is 9.15 Å². The van der Waals surface area contributed by atoms with E-state index in [1.54, 1.807) is 7.05 Å². The number of nitrogens with zero attached hydrogens (tertiary/aromatic N) is 1. The number of methoxy groups -OCH3 is 1. The number of aryl methyl sites for hydroxylation is 1. The second kappa shape index (κ2) is 6.93. The van der Waals surface area contributed by atoms with Crippen LogP contribution in [0.5, 0.6) is 0 Å². The number of aliphatic hydroxyl groups is 1. The van der Waals surface area contributed by atoms with Crippen LogP contribution in [-0.2, 0) is 11.2 Å². The molecule has 130 valence electrons. The Morgan fingerprint density at radius 3 is 2.96 bits per heavy atom. The maximum Gasteiger partial charge on any atom is 0.317 e. The molecule has 0 fully saturated rings. The number of ether oxygens (including phenoxy) is 1. The highest BCUT2D eigenvalue weighted by Gasteiger charge is 2.36. The fraction of sp³-hybridized carbons (Fsp3) is 0.706. The molecule has 0 unspecified atom stereocenters. The van der Waals surface area contributed by atoms with Gasteiger partial charge in [0.2, 0.25) is 0 Å². The molecule has 2 N–H and O–H groups in total. The maximum absolute atomic E-state index is 12.4. The number of aliphatic hydroxyl groups excluding tert-OH is 1. The Kier molecular flexibility index (Phi) is 5.37. The molecule has 6 heteroatoms. The van der Waals surface area contributed by atoms with Crippen LogP contribution in [0.4, 0.5) is 4.79 Å². The highest BCUT2D eigenvalue weighted by Crippen LogP contribution is 2.42. The first-order chi connectivity index (χ1) is 10.7. The SMILES string of the molecule is COC[C@@H](O)CN(C)C(=O)N[C@H]1CC(C)(C)Cc2oc(C)cc21. The molecule has 1 aliphatic rings. The number of fused-ring (bicyclic) bond motifs is 1. The molecular formula is C17H28N2O4. The minimum absolute atomic E-state index is 0.0688. The number of nitrogens with one attached hydrogen (secondary N) is 1. The third-order valence-corrected chi connectivity index (χ3v) is 4.22. The Bertz CT molecular complexity index is 553. The summed E-state index contributed by atoms with van der Waals surface area (Å²) < 4.78 is 10.7. The number of carbonyl (C=O) groups excluding carboxylic acids is 1. The van der Waals surface area contributed by atoms with Crippen LogP contribution in [0.15, 0.2) is 10.5 Å². The predicted octanol–water partition coefficient (Wildman–Crippen LogP) is 2.25. The van der Waals surface area contributed by atoms with Crippen molar-refractivity contribution >= 4 is 6.03 Å². The normalized spacial score (nSPS) is 20.7. The predicted molar refractivity (Wildman–Crippen MR) is 87.3 cm³/mol. The van der Waals surface area contributed by atoms with E-state index in [-0.39, 0.29) is 30.6 Å². The lowest BCUT2D eigenvalue weighted by Crippen LogP contribution is -2.45. The fourth-order valence-corrected chi connectivity index (χ4v) is 3.22. The smallest absolute Gasteiger partial charge is 0.317 e. The van der Waals surface area contributed by atoms with Gasteiger partial charge in [0.15, 0.2) is 0 Å². The fourth-order valence-electron chi connectivity index (χ4n) is 3.22. The Morgan fingerprint density at radius 1 is 1.61 bits per heavy atom. The van der Waals surface area contributed by atoms with E-state index in [0.29, 0.717) is 0 Å². The lowest BCUT2D eigenvalue weighted by Gasteiger charge is -2.35. The van der Waals surface area contributed by atoms with E-state index in [0.717, 1.165) is 29.9 Å². The van der Waals surface area contributed by atoms with Crippen LogP contribution in [0.25, 0.3) is 0 Å². The van der Waals surface area contributed by atoms with E-state index >= 15 is 0 Å². The van der Waals surface area contributed by atoms with Crippen molar-refractivity contribution in [3.05, 3.63) is 23.2 Å². The van der Waals surface area contributed by atoms with Gasteiger partial charge in [0.25, 0.3) is 0 Å². The first-order valence-corrected chi connectivity index (χ1v) is 7.99. The summed E-state index contributed by atoms with van der Waals surface area (Å²) in [6, 6.07) is 1.74. The van der Waals surface area contributed by atoms with Crippen LogP contribution >= 0.6 is 0 Å². The molecule has 0 radical (unpaired) electrons. The second-order valence-electron chi connectivity index (χ2n) is 7.27. The van der Waals surface area contributed by atoms with Crippen molar-refractivity contribution in [2.75, 3.05) is 27.3 Å². The first kappa shape index (κ1) is 17.8. The minimum atomic E-state index is -0.690. The quantitative estimate of drug-likeness (QED) is 0.871. The van der Waals surface area contributed by atoms with Crippen molar-refractivity contribution < 1.29 is 19.1 Å². The summed E-state index contributed by atoms with van der Waals surface area (Å²) in [4.78, 5) is 13.9. The van der Waals surface area contributed by atoms with Crippen molar-refractivity contribution in [3.8, 4) is 0 Å². The van der Waals surface area contributed by atoms with Gasteiger partial charge in [0.1, 0.15) is 11.5 Å². The van der Waals surface area contributed by atoms with Crippen LogP contribution in [0.2, 0.25) is 0 Å². The minimum Gasteiger partial charge on any atom is -0.466 e. The second-order valence-corrected chi connectivity index (χ2v) is 7.27. The summed E-state index contributed by atoms with van der Waals surface area (Å²) in [6.45, 7) is 6.72. The van der Waals surface area contributed by atoms with E-state index in [2.05, 4.69) is 19.2 Å². The zero-order valence-corrected chi connectivity index (χ0v) is 14.7. The zero-order valence-electron chi connectivity index (χ0n) is 14.7. The molecule has 1 aromatic heterocycles. The van der Waals surface area contributed by atoms with Crippen molar-refractivity contribution in [1.82, 2.24) is 10.2 Å². The number of rotatable bonds is 5. The van der Waals surface area contributed by atoms with Gasteiger partial charge in [-0.15, -0.1) is 0 Å². The Balaban J connectivity index is 2.05. The lowest BCUT2D eigenvalue weighted by molar-refractivity contribution is 0.0485. The topological polar surface area (TPSA) is 74.9 Å². The average molecular weight is 324 g/mol. The van der Waals surface area contributed by atoms with Crippen LogP contribution in [0.3, 0.4) is 0 Å². The van der Waals surface area contributed by atoms with Gasteiger partial charge in [-0.3, -0.25) is 0 Å². The Labute approximate surface area is 137 Å².